The first-order valence-electron chi connectivity index (χ1n) is 5.56. The molecule has 1 N–H and O–H groups in total. The van der Waals surface area contributed by atoms with Crippen molar-refractivity contribution in [3.05, 3.63) is 0 Å². The molecule has 0 aromatic rings. The Morgan fingerprint density at radius 3 is 2.50 bits per heavy atom. The third-order valence-electron chi connectivity index (χ3n) is 3.20. The Hall–Kier alpha value is -0.610. The number of carbonyl (C=O) groups is 1. The van der Waals surface area contributed by atoms with Crippen molar-refractivity contribution in [2.75, 3.05) is 26.7 Å². The molecule has 0 radical (unpaired) electrons. The second-order valence-corrected chi connectivity index (χ2v) is 4.11. The van der Waals surface area contributed by atoms with E-state index in [2.05, 4.69) is 10.3 Å². The van der Waals surface area contributed by atoms with Crippen LogP contribution in [0.2, 0.25) is 0 Å². The first-order valence-corrected chi connectivity index (χ1v) is 5.56. The first kappa shape index (κ1) is 9.93. The second-order valence-electron chi connectivity index (χ2n) is 4.11. The van der Waals surface area contributed by atoms with Crippen LogP contribution in [0.5, 0.6) is 0 Å². The van der Waals surface area contributed by atoms with E-state index in [1.807, 2.05) is 12.1 Å². The van der Waals surface area contributed by atoms with Crippen molar-refractivity contribution < 1.29 is 4.79 Å². The molecular formula is C10H19N3O. The number of nitrogens with one attached hydrogen (secondary N) is 1. The number of amides is 1. The standard InChI is InChI=1S/C10H19N3O/c1-11-9-5-8-13(10(9)14)12-6-3-2-4-7-12/h9,11H,2-8H2,1H3. The Morgan fingerprint density at radius 2 is 1.93 bits per heavy atom. The monoisotopic (exact) mass is 197 g/mol. The summed E-state index contributed by atoms with van der Waals surface area (Å²) in [5.74, 6) is 0.259. The Balaban J connectivity index is 1.94. The minimum absolute atomic E-state index is 0.0527. The average Bonchev–Trinajstić information content (AvgIpc) is 2.61. The van der Waals surface area contributed by atoms with Crippen molar-refractivity contribution >= 4 is 5.91 Å². The molecule has 0 aliphatic carbocycles. The van der Waals surface area contributed by atoms with Crippen molar-refractivity contribution in [2.24, 2.45) is 0 Å². The lowest BCUT2D eigenvalue weighted by Crippen LogP contribution is -2.48. The summed E-state index contributed by atoms with van der Waals surface area (Å²) in [7, 11) is 1.86. The van der Waals surface area contributed by atoms with Crippen LogP contribution in [0.25, 0.3) is 0 Å². The number of likely N-dealkylation sites (N-methyl/N-ethyl adjacent to an activating group) is 1. The molecule has 1 amide bonds. The molecule has 1 atom stereocenters. The Kier molecular flexibility index (Phi) is 3.03. The molecule has 0 spiro atoms. The number of piperidine rings is 1. The van der Waals surface area contributed by atoms with Gasteiger partial charge in [0.15, 0.2) is 0 Å². The summed E-state index contributed by atoms with van der Waals surface area (Å²) in [6.45, 7) is 3.01. The molecule has 14 heavy (non-hydrogen) atoms. The van der Waals surface area contributed by atoms with E-state index in [9.17, 15) is 4.79 Å². The summed E-state index contributed by atoms with van der Waals surface area (Å²) in [5, 5.41) is 7.24. The van der Waals surface area contributed by atoms with Crippen LogP contribution in [0, 0.1) is 0 Å². The van der Waals surface area contributed by atoms with E-state index >= 15 is 0 Å². The quantitative estimate of drug-likeness (QED) is 0.687. The van der Waals surface area contributed by atoms with Crippen LogP contribution in [-0.4, -0.2) is 48.6 Å². The predicted molar refractivity (Wildman–Crippen MR) is 54.6 cm³/mol. The molecule has 2 fully saturated rings. The van der Waals surface area contributed by atoms with Gasteiger partial charge >= 0.3 is 0 Å². The summed E-state index contributed by atoms with van der Waals surface area (Å²) in [5.41, 5.74) is 0. The molecule has 2 saturated heterocycles. The number of carbonyl (C=O) groups excluding carboxylic acids is 1. The van der Waals surface area contributed by atoms with Crippen LogP contribution in [-0.2, 0) is 4.79 Å². The maximum absolute atomic E-state index is 11.9. The number of nitrogens with zero attached hydrogens (tertiary/aromatic N) is 2. The van der Waals surface area contributed by atoms with Gasteiger partial charge in [-0.2, -0.15) is 0 Å². The van der Waals surface area contributed by atoms with Gasteiger partial charge in [-0.05, 0) is 26.3 Å². The molecule has 80 valence electrons. The SMILES string of the molecule is CNC1CCN(N2CCCCC2)C1=O. The van der Waals surface area contributed by atoms with E-state index < -0.39 is 0 Å². The highest BCUT2D eigenvalue weighted by atomic mass is 16.2. The van der Waals surface area contributed by atoms with Gasteiger partial charge in [-0.1, -0.05) is 6.42 Å². The van der Waals surface area contributed by atoms with Gasteiger partial charge < -0.3 is 5.32 Å². The minimum atomic E-state index is 0.0527. The van der Waals surface area contributed by atoms with E-state index in [1.54, 1.807) is 0 Å². The van der Waals surface area contributed by atoms with Crippen molar-refractivity contribution in [2.45, 2.75) is 31.7 Å². The van der Waals surface area contributed by atoms with Crippen LogP contribution < -0.4 is 5.32 Å². The first-order chi connectivity index (χ1) is 6.83. The molecule has 2 heterocycles. The summed E-state index contributed by atoms with van der Waals surface area (Å²) in [6, 6.07) is 0.0527. The zero-order valence-corrected chi connectivity index (χ0v) is 8.83. The summed E-state index contributed by atoms with van der Waals surface area (Å²) < 4.78 is 0. The topological polar surface area (TPSA) is 35.6 Å². The van der Waals surface area contributed by atoms with Crippen molar-refractivity contribution in [1.29, 1.82) is 0 Å². The number of hydrazine groups is 1. The zero-order valence-electron chi connectivity index (χ0n) is 8.83. The molecule has 0 saturated carbocycles. The summed E-state index contributed by atoms with van der Waals surface area (Å²) >= 11 is 0. The highest BCUT2D eigenvalue weighted by Gasteiger charge is 2.34. The van der Waals surface area contributed by atoms with Crippen molar-refractivity contribution in [3.63, 3.8) is 0 Å². The molecule has 0 aromatic heterocycles. The van der Waals surface area contributed by atoms with Crippen LogP contribution in [0.3, 0.4) is 0 Å². The largest absolute Gasteiger partial charge is 0.309 e. The Labute approximate surface area is 85.2 Å². The molecule has 4 nitrogen and oxygen atoms in total. The molecule has 1 unspecified atom stereocenters. The third-order valence-corrected chi connectivity index (χ3v) is 3.20. The molecular weight excluding hydrogens is 178 g/mol. The van der Waals surface area contributed by atoms with Crippen LogP contribution in [0.1, 0.15) is 25.7 Å². The molecule has 0 aromatic carbocycles. The fourth-order valence-corrected chi connectivity index (χ4v) is 2.33. The van der Waals surface area contributed by atoms with E-state index in [0.29, 0.717) is 0 Å². The molecule has 0 bridgehead atoms. The highest BCUT2D eigenvalue weighted by Crippen LogP contribution is 2.18. The molecule has 2 rings (SSSR count). The third kappa shape index (κ3) is 1.77. The summed E-state index contributed by atoms with van der Waals surface area (Å²) in [6.07, 6.45) is 4.72. The highest BCUT2D eigenvalue weighted by molar-refractivity contribution is 5.83. The predicted octanol–water partition coefficient (Wildman–Crippen LogP) is 0.208. The van der Waals surface area contributed by atoms with E-state index in [4.69, 9.17) is 0 Å². The van der Waals surface area contributed by atoms with Gasteiger partial charge in [0.25, 0.3) is 5.91 Å². The van der Waals surface area contributed by atoms with Gasteiger partial charge in [0.1, 0.15) is 0 Å². The number of hydrogen-bond acceptors (Lipinski definition) is 3. The normalized spacial score (nSPS) is 29.9. The van der Waals surface area contributed by atoms with Crippen LogP contribution in [0.15, 0.2) is 0 Å². The number of rotatable bonds is 2. The molecule has 2 aliphatic heterocycles. The molecule has 2 aliphatic rings. The van der Waals surface area contributed by atoms with Gasteiger partial charge in [0.2, 0.25) is 0 Å². The zero-order chi connectivity index (χ0) is 9.97. The van der Waals surface area contributed by atoms with Crippen LogP contribution >= 0.6 is 0 Å². The Morgan fingerprint density at radius 1 is 1.21 bits per heavy atom. The van der Waals surface area contributed by atoms with Crippen molar-refractivity contribution in [1.82, 2.24) is 15.3 Å². The van der Waals surface area contributed by atoms with Gasteiger partial charge in [0.05, 0.1) is 6.04 Å². The second kappa shape index (κ2) is 4.28. The smallest absolute Gasteiger partial charge is 0.254 e. The Bertz CT molecular complexity index is 213. The average molecular weight is 197 g/mol. The lowest BCUT2D eigenvalue weighted by atomic mass is 10.2. The van der Waals surface area contributed by atoms with Gasteiger partial charge in [0, 0.05) is 19.6 Å². The number of hydrogen-bond donors (Lipinski definition) is 1. The minimum Gasteiger partial charge on any atom is -0.309 e. The van der Waals surface area contributed by atoms with Crippen molar-refractivity contribution in [3.8, 4) is 0 Å². The molecule has 4 heteroatoms. The van der Waals surface area contributed by atoms with E-state index in [0.717, 1.165) is 26.1 Å². The van der Waals surface area contributed by atoms with Gasteiger partial charge in [-0.15, -0.1) is 0 Å². The van der Waals surface area contributed by atoms with Gasteiger partial charge in [-0.25, -0.2) is 5.01 Å². The lowest BCUT2D eigenvalue weighted by Gasteiger charge is -2.34. The lowest BCUT2D eigenvalue weighted by molar-refractivity contribution is -0.146. The maximum Gasteiger partial charge on any atom is 0.254 e. The van der Waals surface area contributed by atoms with E-state index in [1.165, 1.54) is 19.3 Å². The fraction of sp³-hybridized carbons (Fsp3) is 0.900. The van der Waals surface area contributed by atoms with Gasteiger partial charge in [-0.3, -0.25) is 9.80 Å². The van der Waals surface area contributed by atoms with E-state index in [-0.39, 0.29) is 11.9 Å². The fourth-order valence-electron chi connectivity index (χ4n) is 2.33. The van der Waals surface area contributed by atoms with Crippen LogP contribution in [0.4, 0.5) is 0 Å². The maximum atomic E-state index is 11.9. The summed E-state index contributed by atoms with van der Waals surface area (Å²) in [4.78, 5) is 11.9.